The Morgan fingerprint density at radius 1 is 1.10 bits per heavy atom. The molecule has 1 aromatic carbocycles. The van der Waals surface area contributed by atoms with Crippen LogP contribution in [-0.4, -0.2) is 34.2 Å². The molecule has 2 atom stereocenters. The third-order valence-electron chi connectivity index (χ3n) is 3.02. The van der Waals surface area contributed by atoms with Gasteiger partial charge in [0.25, 0.3) is 0 Å². The van der Waals surface area contributed by atoms with Crippen molar-refractivity contribution in [1.82, 2.24) is 5.32 Å². The standard InChI is InChI=1S/C14H20N2O4/c15-11(13(17)18)7-4-8-12(14(19)20)16-9-10-5-2-1-3-6-10/h1-3,5-6,11-12,16H,4,7-9,15H2,(H,17,18)(H,19,20)/t11?,12-/m0/s1. The van der Waals surface area contributed by atoms with Crippen LogP contribution in [0.25, 0.3) is 0 Å². The average molecular weight is 280 g/mol. The molecule has 6 heteroatoms. The van der Waals surface area contributed by atoms with Crippen LogP contribution in [0.2, 0.25) is 0 Å². The van der Waals surface area contributed by atoms with Gasteiger partial charge in [0.15, 0.2) is 0 Å². The largest absolute Gasteiger partial charge is 0.480 e. The molecule has 0 bridgehead atoms. The maximum absolute atomic E-state index is 11.1. The molecular weight excluding hydrogens is 260 g/mol. The minimum Gasteiger partial charge on any atom is -0.480 e. The lowest BCUT2D eigenvalue weighted by Gasteiger charge is -2.15. The summed E-state index contributed by atoms with van der Waals surface area (Å²) in [5, 5.41) is 20.7. The monoisotopic (exact) mass is 280 g/mol. The number of hydrogen-bond donors (Lipinski definition) is 4. The van der Waals surface area contributed by atoms with Gasteiger partial charge in [-0.25, -0.2) is 0 Å². The normalized spacial score (nSPS) is 13.7. The molecule has 1 unspecified atom stereocenters. The molecule has 20 heavy (non-hydrogen) atoms. The van der Waals surface area contributed by atoms with Gasteiger partial charge in [0, 0.05) is 6.54 Å². The second kappa shape index (κ2) is 8.29. The van der Waals surface area contributed by atoms with Gasteiger partial charge in [-0.15, -0.1) is 0 Å². The van der Waals surface area contributed by atoms with E-state index in [-0.39, 0.29) is 6.42 Å². The zero-order valence-electron chi connectivity index (χ0n) is 11.2. The molecular formula is C14H20N2O4. The van der Waals surface area contributed by atoms with Crippen molar-refractivity contribution >= 4 is 11.9 Å². The van der Waals surface area contributed by atoms with Gasteiger partial charge < -0.3 is 21.3 Å². The van der Waals surface area contributed by atoms with Gasteiger partial charge in [0.1, 0.15) is 12.1 Å². The van der Waals surface area contributed by atoms with Crippen LogP contribution in [0.5, 0.6) is 0 Å². The summed E-state index contributed by atoms with van der Waals surface area (Å²) in [6, 6.07) is 7.86. The summed E-state index contributed by atoms with van der Waals surface area (Å²) < 4.78 is 0. The molecule has 0 fully saturated rings. The van der Waals surface area contributed by atoms with E-state index in [1.165, 1.54) is 0 Å². The second-order valence-corrected chi connectivity index (χ2v) is 4.63. The van der Waals surface area contributed by atoms with Crippen LogP contribution in [0.3, 0.4) is 0 Å². The maximum Gasteiger partial charge on any atom is 0.320 e. The number of aliphatic carboxylic acids is 2. The Hall–Kier alpha value is -1.92. The maximum atomic E-state index is 11.1. The summed E-state index contributed by atoms with van der Waals surface area (Å²) in [6.45, 7) is 0.461. The molecule has 0 amide bonds. The number of carboxylic acid groups (broad SMARTS) is 2. The van der Waals surface area contributed by atoms with Gasteiger partial charge in [-0.2, -0.15) is 0 Å². The molecule has 1 rings (SSSR count). The highest BCUT2D eigenvalue weighted by atomic mass is 16.4. The van der Waals surface area contributed by atoms with Crippen LogP contribution in [0.4, 0.5) is 0 Å². The molecule has 110 valence electrons. The molecule has 0 radical (unpaired) electrons. The lowest BCUT2D eigenvalue weighted by molar-refractivity contribution is -0.139. The van der Waals surface area contributed by atoms with Crippen LogP contribution in [-0.2, 0) is 16.1 Å². The van der Waals surface area contributed by atoms with E-state index in [0.717, 1.165) is 5.56 Å². The van der Waals surface area contributed by atoms with E-state index in [1.807, 2.05) is 30.3 Å². The molecule has 0 aliphatic carbocycles. The van der Waals surface area contributed by atoms with Crippen molar-refractivity contribution in [2.45, 2.75) is 37.9 Å². The van der Waals surface area contributed by atoms with Gasteiger partial charge in [-0.05, 0) is 24.8 Å². The topological polar surface area (TPSA) is 113 Å². The third-order valence-corrected chi connectivity index (χ3v) is 3.02. The first-order chi connectivity index (χ1) is 9.50. The van der Waals surface area contributed by atoms with E-state index in [2.05, 4.69) is 5.32 Å². The Balaban J connectivity index is 2.37. The lowest BCUT2D eigenvalue weighted by atomic mass is 10.1. The molecule has 6 nitrogen and oxygen atoms in total. The fraction of sp³-hybridized carbons (Fsp3) is 0.429. The summed E-state index contributed by atoms with van der Waals surface area (Å²) in [4.78, 5) is 21.7. The number of nitrogens with one attached hydrogen (secondary N) is 1. The number of carbonyl (C=O) groups is 2. The van der Waals surface area contributed by atoms with Crippen LogP contribution >= 0.6 is 0 Å². The van der Waals surface area contributed by atoms with Gasteiger partial charge >= 0.3 is 11.9 Å². The highest BCUT2D eigenvalue weighted by Crippen LogP contribution is 2.06. The minimum atomic E-state index is -1.06. The molecule has 0 aliphatic rings. The highest BCUT2D eigenvalue weighted by molar-refractivity contribution is 5.74. The van der Waals surface area contributed by atoms with Crippen molar-refractivity contribution in [1.29, 1.82) is 0 Å². The highest BCUT2D eigenvalue weighted by Gasteiger charge is 2.18. The first kappa shape index (κ1) is 16.1. The molecule has 0 heterocycles. The van der Waals surface area contributed by atoms with E-state index < -0.39 is 24.0 Å². The molecule has 0 aliphatic heterocycles. The molecule has 0 saturated heterocycles. The SMILES string of the molecule is NC(CCC[C@H](NCc1ccccc1)C(=O)O)C(=O)O. The third kappa shape index (κ3) is 5.81. The molecule has 5 N–H and O–H groups in total. The Bertz CT molecular complexity index is 436. The Labute approximate surface area is 117 Å². The fourth-order valence-electron chi connectivity index (χ4n) is 1.82. The van der Waals surface area contributed by atoms with Crippen molar-refractivity contribution in [3.63, 3.8) is 0 Å². The van der Waals surface area contributed by atoms with E-state index in [0.29, 0.717) is 19.4 Å². The van der Waals surface area contributed by atoms with Crippen molar-refractivity contribution in [2.75, 3.05) is 0 Å². The Morgan fingerprint density at radius 3 is 2.30 bits per heavy atom. The van der Waals surface area contributed by atoms with Crippen LogP contribution in [0.15, 0.2) is 30.3 Å². The summed E-state index contributed by atoms with van der Waals surface area (Å²) in [6.07, 6.45) is 1.07. The number of benzene rings is 1. The van der Waals surface area contributed by atoms with Gasteiger partial charge in [0.2, 0.25) is 0 Å². The number of nitrogens with two attached hydrogens (primary N) is 1. The second-order valence-electron chi connectivity index (χ2n) is 4.63. The van der Waals surface area contributed by atoms with Gasteiger partial charge in [-0.3, -0.25) is 9.59 Å². The predicted molar refractivity (Wildman–Crippen MR) is 74.2 cm³/mol. The van der Waals surface area contributed by atoms with Crippen molar-refractivity contribution in [3.05, 3.63) is 35.9 Å². The van der Waals surface area contributed by atoms with Crippen molar-refractivity contribution < 1.29 is 19.8 Å². The molecule has 1 aromatic rings. The fourth-order valence-corrected chi connectivity index (χ4v) is 1.82. The van der Waals surface area contributed by atoms with Crippen molar-refractivity contribution in [3.8, 4) is 0 Å². The average Bonchev–Trinajstić information content (AvgIpc) is 2.42. The van der Waals surface area contributed by atoms with Crippen LogP contribution in [0.1, 0.15) is 24.8 Å². The first-order valence-corrected chi connectivity index (χ1v) is 6.49. The quantitative estimate of drug-likeness (QED) is 0.532. The number of hydrogen-bond acceptors (Lipinski definition) is 4. The van der Waals surface area contributed by atoms with E-state index in [1.54, 1.807) is 0 Å². The van der Waals surface area contributed by atoms with Crippen LogP contribution < -0.4 is 11.1 Å². The van der Waals surface area contributed by atoms with Gasteiger partial charge in [-0.1, -0.05) is 30.3 Å². The Kier molecular flexibility index (Phi) is 6.69. The Morgan fingerprint density at radius 2 is 1.75 bits per heavy atom. The first-order valence-electron chi connectivity index (χ1n) is 6.49. The zero-order chi connectivity index (χ0) is 15.0. The minimum absolute atomic E-state index is 0.270. The summed E-state index contributed by atoms with van der Waals surface area (Å²) in [5.41, 5.74) is 6.38. The van der Waals surface area contributed by atoms with E-state index in [9.17, 15) is 9.59 Å². The smallest absolute Gasteiger partial charge is 0.320 e. The summed E-state index contributed by atoms with van der Waals surface area (Å²) >= 11 is 0. The number of carboxylic acids is 2. The summed E-state index contributed by atoms with van der Waals surface area (Å²) in [7, 11) is 0. The zero-order valence-corrected chi connectivity index (χ0v) is 11.2. The van der Waals surface area contributed by atoms with Gasteiger partial charge in [0.05, 0.1) is 0 Å². The van der Waals surface area contributed by atoms with Crippen LogP contribution in [0, 0.1) is 0 Å². The molecule has 0 aromatic heterocycles. The lowest BCUT2D eigenvalue weighted by Crippen LogP contribution is -2.37. The van der Waals surface area contributed by atoms with E-state index >= 15 is 0 Å². The molecule has 0 saturated carbocycles. The number of rotatable bonds is 9. The summed E-state index contributed by atoms with van der Waals surface area (Å²) in [5.74, 6) is -2.00. The van der Waals surface area contributed by atoms with Crippen molar-refractivity contribution in [2.24, 2.45) is 5.73 Å². The van der Waals surface area contributed by atoms with E-state index in [4.69, 9.17) is 15.9 Å². The predicted octanol–water partition coefficient (Wildman–Crippen LogP) is 0.812. The molecule has 0 spiro atoms.